The minimum atomic E-state index is 0.705. The lowest BCUT2D eigenvalue weighted by Gasteiger charge is -2.21. The molecule has 0 aromatic heterocycles. The Kier molecular flexibility index (Phi) is 6.00. The van der Waals surface area contributed by atoms with Crippen LogP contribution in [0.3, 0.4) is 0 Å². The van der Waals surface area contributed by atoms with Crippen molar-refractivity contribution >= 4 is 0 Å². The molecule has 0 spiro atoms. The number of allylic oxidation sites excluding steroid dienone is 1. The van der Waals surface area contributed by atoms with E-state index in [1.54, 1.807) is 5.57 Å². The maximum atomic E-state index is 3.46. The third-order valence-corrected chi connectivity index (χ3v) is 3.39. The molecule has 88 valence electrons. The van der Waals surface area contributed by atoms with Crippen molar-refractivity contribution in [3.05, 3.63) is 11.6 Å². The molecule has 0 aliphatic heterocycles. The highest BCUT2D eigenvalue weighted by molar-refractivity contribution is 5.06. The summed E-state index contributed by atoms with van der Waals surface area (Å²) in [6.45, 7) is 4.62. The van der Waals surface area contributed by atoms with Crippen molar-refractivity contribution in [3.8, 4) is 0 Å². The van der Waals surface area contributed by atoms with E-state index in [0.717, 1.165) is 5.92 Å². The van der Waals surface area contributed by atoms with Gasteiger partial charge in [-0.25, -0.2) is 0 Å². The molecule has 0 saturated heterocycles. The van der Waals surface area contributed by atoms with Crippen molar-refractivity contribution in [2.75, 3.05) is 7.05 Å². The Labute approximate surface area is 95.3 Å². The molecule has 1 atom stereocenters. The normalized spacial score (nSPS) is 19.1. The van der Waals surface area contributed by atoms with Crippen molar-refractivity contribution in [2.24, 2.45) is 5.92 Å². The summed E-state index contributed by atoms with van der Waals surface area (Å²) in [5, 5.41) is 3.46. The second-order valence-corrected chi connectivity index (χ2v) is 5.27. The third-order valence-electron chi connectivity index (χ3n) is 3.39. The molecule has 0 bridgehead atoms. The fourth-order valence-corrected chi connectivity index (χ4v) is 2.29. The van der Waals surface area contributed by atoms with E-state index >= 15 is 0 Å². The van der Waals surface area contributed by atoms with Crippen molar-refractivity contribution in [1.82, 2.24) is 5.32 Å². The number of rotatable bonds is 6. The van der Waals surface area contributed by atoms with Gasteiger partial charge in [0.2, 0.25) is 0 Å². The first kappa shape index (κ1) is 12.8. The minimum Gasteiger partial charge on any atom is -0.317 e. The van der Waals surface area contributed by atoms with Gasteiger partial charge in [0, 0.05) is 6.04 Å². The molecule has 1 heteroatoms. The Hall–Kier alpha value is -0.300. The Bertz CT molecular complexity index is 194. The van der Waals surface area contributed by atoms with E-state index in [9.17, 15) is 0 Å². The molecule has 0 aromatic rings. The summed E-state index contributed by atoms with van der Waals surface area (Å²) >= 11 is 0. The predicted molar refractivity (Wildman–Crippen MR) is 68.1 cm³/mol. The van der Waals surface area contributed by atoms with Gasteiger partial charge in [0.1, 0.15) is 0 Å². The largest absolute Gasteiger partial charge is 0.317 e. The summed E-state index contributed by atoms with van der Waals surface area (Å²) < 4.78 is 0. The second-order valence-electron chi connectivity index (χ2n) is 5.27. The van der Waals surface area contributed by atoms with Gasteiger partial charge in [-0.2, -0.15) is 0 Å². The van der Waals surface area contributed by atoms with Crippen LogP contribution in [-0.2, 0) is 0 Å². The maximum absolute atomic E-state index is 3.46. The Morgan fingerprint density at radius 2 is 2.07 bits per heavy atom. The van der Waals surface area contributed by atoms with E-state index in [1.807, 2.05) is 0 Å². The van der Waals surface area contributed by atoms with Gasteiger partial charge in [-0.3, -0.25) is 0 Å². The molecule has 1 nitrogen and oxygen atoms in total. The topological polar surface area (TPSA) is 12.0 Å². The van der Waals surface area contributed by atoms with Crippen LogP contribution < -0.4 is 5.32 Å². The first-order valence-corrected chi connectivity index (χ1v) is 6.57. The smallest absolute Gasteiger partial charge is 0.0101 e. The summed E-state index contributed by atoms with van der Waals surface area (Å²) in [7, 11) is 2.11. The molecule has 1 aliphatic carbocycles. The molecule has 0 heterocycles. The van der Waals surface area contributed by atoms with Gasteiger partial charge < -0.3 is 5.32 Å². The quantitative estimate of drug-likeness (QED) is 0.654. The summed E-state index contributed by atoms with van der Waals surface area (Å²) in [6.07, 6.45) is 11.9. The molecule has 1 aliphatic rings. The zero-order chi connectivity index (χ0) is 11.1. The second kappa shape index (κ2) is 7.05. The summed E-state index contributed by atoms with van der Waals surface area (Å²) in [5.74, 6) is 0.834. The van der Waals surface area contributed by atoms with Crippen LogP contribution in [0.2, 0.25) is 0 Å². The van der Waals surface area contributed by atoms with Crippen molar-refractivity contribution in [2.45, 2.75) is 64.8 Å². The average Bonchev–Trinajstić information content (AvgIpc) is 2.25. The molecule has 0 fully saturated rings. The number of nitrogens with one attached hydrogen (secondary N) is 1. The van der Waals surface area contributed by atoms with E-state index in [-0.39, 0.29) is 0 Å². The van der Waals surface area contributed by atoms with Gasteiger partial charge in [-0.05, 0) is 57.9 Å². The maximum Gasteiger partial charge on any atom is 0.0101 e. The molecule has 0 radical (unpaired) electrons. The molecule has 1 N–H and O–H groups in total. The van der Waals surface area contributed by atoms with Gasteiger partial charge >= 0.3 is 0 Å². The van der Waals surface area contributed by atoms with E-state index in [4.69, 9.17) is 0 Å². The molecule has 1 unspecified atom stereocenters. The van der Waals surface area contributed by atoms with E-state index in [0.29, 0.717) is 6.04 Å². The number of hydrogen-bond donors (Lipinski definition) is 1. The lowest BCUT2D eigenvalue weighted by Crippen LogP contribution is -2.26. The van der Waals surface area contributed by atoms with Gasteiger partial charge in [-0.15, -0.1) is 0 Å². The van der Waals surface area contributed by atoms with E-state index in [1.165, 1.54) is 44.9 Å². The van der Waals surface area contributed by atoms with E-state index in [2.05, 4.69) is 32.3 Å². The van der Waals surface area contributed by atoms with Crippen molar-refractivity contribution < 1.29 is 0 Å². The zero-order valence-electron chi connectivity index (χ0n) is 10.7. The Balaban J connectivity index is 2.28. The summed E-state index contributed by atoms with van der Waals surface area (Å²) in [4.78, 5) is 0. The molecule has 0 aromatic carbocycles. The monoisotopic (exact) mass is 209 g/mol. The highest BCUT2D eigenvalue weighted by atomic mass is 14.9. The fraction of sp³-hybridized carbons (Fsp3) is 0.857. The highest BCUT2D eigenvalue weighted by Gasteiger charge is 2.11. The lowest BCUT2D eigenvalue weighted by molar-refractivity contribution is 0.443. The molecular weight excluding hydrogens is 182 g/mol. The summed E-state index contributed by atoms with van der Waals surface area (Å²) in [5.41, 5.74) is 1.70. The summed E-state index contributed by atoms with van der Waals surface area (Å²) in [6, 6.07) is 0.705. The van der Waals surface area contributed by atoms with Gasteiger partial charge in [0.05, 0.1) is 0 Å². The molecule has 0 saturated carbocycles. The van der Waals surface area contributed by atoms with Gasteiger partial charge in [0.15, 0.2) is 0 Å². The first-order valence-electron chi connectivity index (χ1n) is 6.57. The van der Waals surface area contributed by atoms with Crippen molar-refractivity contribution in [1.29, 1.82) is 0 Å². The third kappa shape index (κ3) is 5.36. The predicted octanol–water partition coefficient (Wildman–Crippen LogP) is 3.90. The fourth-order valence-electron chi connectivity index (χ4n) is 2.29. The zero-order valence-corrected chi connectivity index (χ0v) is 10.7. The van der Waals surface area contributed by atoms with Crippen molar-refractivity contribution in [3.63, 3.8) is 0 Å². The standard InChI is InChI=1S/C14H27N/c1-12(2)9-10-14(15-3)11-13-7-5-4-6-8-13/h7,12,14-15H,4-6,8-11H2,1-3H3. The van der Waals surface area contributed by atoms with Crippen LogP contribution >= 0.6 is 0 Å². The molecule has 15 heavy (non-hydrogen) atoms. The van der Waals surface area contributed by atoms with Crippen LogP contribution in [0.1, 0.15) is 58.8 Å². The Morgan fingerprint density at radius 1 is 1.27 bits per heavy atom. The van der Waals surface area contributed by atoms with Crippen LogP contribution in [0.25, 0.3) is 0 Å². The SMILES string of the molecule is CNC(CCC(C)C)CC1=CCCCC1. The van der Waals surface area contributed by atoms with Gasteiger partial charge in [-0.1, -0.05) is 25.5 Å². The van der Waals surface area contributed by atoms with Crippen LogP contribution in [0, 0.1) is 5.92 Å². The average molecular weight is 209 g/mol. The Morgan fingerprint density at radius 3 is 2.60 bits per heavy atom. The van der Waals surface area contributed by atoms with Crippen LogP contribution in [0.5, 0.6) is 0 Å². The minimum absolute atomic E-state index is 0.705. The van der Waals surface area contributed by atoms with E-state index < -0.39 is 0 Å². The van der Waals surface area contributed by atoms with Crippen LogP contribution in [0.4, 0.5) is 0 Å². The van der Waals surface area contributed by atoms with Gasteiger partial charge in [0.25, 0.3) is 0 Å². The highest BCUT2D eigenvalue weighted by Crippen LogP contribution is 2.23. The molecule has 0 amide bonds. The lowest BCUT2D eigenvalue weighted by atomic mass is 9.91. The molecular formula is C14H27N. The molecule has 1 rings (SSSR count). The van der Waals surface area contributed by atoms with Crippen LogP contribution in [0.15, 0.2) is 11.6 Å². The van der Waals surface area contributed by atoms with Crippen LogP contribution in [-0.4, -0.2) is 13.1 Å². The number of hydrogen-bond acceptors (Lipinski definition) is 1. The first-order chi connectivity index (χ1) is 7.22.